The Kier molecular flexibility index (Phi) is 9.01. The summed E-state index contributed by atoms with van der Waals surface area (Å²) in [5, 5.41) is 7.14. The van der Waals surface area contributed by atoms with E-state index in [0.29, 0.717) is 5.56 Å². The average Bonchev–Trinajstić information content (AvgIpc) is 3.13. The summed E-state index contributed by atoms with van der Waals surface area (Å²) in [4.78, 5) is 11.9. The van der Waals surface area contributed by atoms with Crippen molar-refractivity contribution in [3.05, 3.63) is 46.8 Å². The maximum Gasteiger partial charge on any atom is 0.435 e. The van der Waals surface area contributed by atoms with Gasteiger partial charge in [0.15, 0.2) is 5.69 Å². The van der Waals surface area contributed by atoms with E-state index in [0.717, 1.165) is 10.7 Å². The van der Waals surface area contributed by atoms with E-state index >= 15 is 0 Å². The number of aromatic nitrogens is 2. The van der Waals surface area contributed by atoms with Crippen LogP contribution in [0.1, 0.15) is 28.9 Å². The molecule has 0 saturated heterocycles. The van der Waals surface area contributed by atoms with Crippen molar-refractivity contribution >= 4 is 12.1 Å². The molecule has 1 N–H and O–H groups in total. The van der Waals surface area contributed by atoms with E-state index in [9.17, 15) is 35.5 Å². The van der Waals surface area contributed by atoms with Crippen molar-refractivity contribution in [2.75, 3.05) is 13.7 Å². The van der Waals surface area contributed by atoms with Crippen LogP contribution in [0.3, 0.4) is 0 Å². The van der Waals surface area contributed by atoms with Crippen LogP contribution >= 0.6 is 0 Å². The first-order chi connectivity index (χ1) is 15.8. The first-order valence-corrected chi connectivity index (χ1v) is 9.67. The van der Waals surface area contributed by atoms with Crippen molar-refractivity contribution in [1.82, 2.24) is 15.2 Å². The maximum absolute atomic E-state index is 13.0. The van der Waals surface area contributed by atoms with E-state index in [-0.39, 0.29) is 30.0 Å². The van der Waals surface area contributed by atoms with Gasteiger partial charge in [-0.1, -0.05) is 0 Å². The second kappa shape index (κ2) is 11.3. The molecule has 1 amide bonds. The van der Waals surface area contributed by atoms with Gasteiger partial charge < -0.3 is 9.47 Å². The van der Waals surface area contributed by atoms with E-state index in [1.165, 1.54) is 38.4 Å². The van der Waals surface area contributed by atoms with Crippen molar-refractivity contribution in [1.29, 1.82) is 0 Å². The molecule has 0 bridgehead atoms. The Morgan fingerprint density at radius 3 is 2.53 bits per heavy atom. The number of aryl methyl sites for hydroxylation is 2. The number of ether oxygens (including phenoxy) is 2. The predicted octanol–water partition coefficient (Wildman–Crippen LogP) is 4.18. The number of hydrogen-bond acceptors (Lipinski definition) is 5. The van der Waals surface area contributed by atoms with Crippen LogP contribution in [0.15, 0.2) is 29.4 Å². The van der Waals surface area contributed by atoms with Crippen molar-refractivity contribution in [3.8, 4) is 5.75 Å². The number of nitrogens with one attached hydrogen (secondary N) is 1. The molecule has 0 spiro atoms. The summed E-state index contributed by atoms with van der Waals surface area (Å²) in [6, 6.07) is 5.29. The SMILES string of the molecule is COc1ccc(/C=N/NC(=O)CCn2nc(C(F)(F)F)cc2C)cc1COCC(F)(F)C(F)F. The van der Waals surface area contributed by atoms with Gasteiger partial charge in [0, 0.05) is 17.7 Å². The molecule has 188 valence electrons. The number of carbonyl (C=O) groups is 1. The van der Waals surface area contributed by atoms with Crippen LogP contribution in [0.4, 0.5) is 30.7 Å². The molecule has 34 heavy (non-hydrogen) atoms. The Morgan fingerprint density at radius 1 is 1.24 bits per heavy atom. The molecule has 0 radical (unpaired) electrons. The van der Waals surface area contributed by atoms with Crippen LogP contribution in [-0.2, 0) is 28.9 Å². The molecule has 0 aliphatic rings. The number of methoxy groups -OCH3 is 1. The van der Waals surface area contributed by atoms with Gasteiger partial charge in [0.05, 0.1) is 26.5 Å². The number of carbonyl (C=O) groups excluding carboxylic acids is 1. The number of benzene rings is 1. The van der Waals surface area contributed by atoms with Crippen LogP contribution in [0.25, 0.3) is 0 Å². The lowest BCUT2D eigenvalue weighted by Crippen LogP contribution is -2.32. The predicted molar refractivity (Wildman–Crippen MR) is 106 cm³/mol. The van der Waals surface area contributed by atoms with Crippen LogP contribution in [0, 0.1) is 6.92 Å². The highest BCUT2D eigenvalue weighted by molar-refractivity contribution is 5.82. The molecule has 2 rings (SSSR count). The van der Waals surface area contributed by atoms with Crippen LogP contribution in [-0.4, -0.2) is 48.0 Å². The van der Waals surface area contributed by atoms with Gasteiger partial charge in [-0.3, -0.25) is 9.48 Å². The molecular formula is C20H21F7N4O3. The zero-order valence-corrected chi connectivity index (χ0v) is 18.0. The summed E-state index contributed by atoms with van der Waals surface area (Å²) in [5.74, 6) is -4.63. The fraction of sp³-hybridized carbons (Fsp3) is 0.450. The molecular weight excluding hydrogens is 477 g/mol. The fourth-order valence-corrected chi connectivity index (χ4v) is 2.67. The number of rotatable bonds is 11. The normalized spacial score (nSPS) is 12.5. The van der Waals surface area contributed by atoms with E-state index in [2.05, 4.69) is 20.4 Å². The van der Waals surface area contributed by atoms with Crippen molar-refractivity contribution < 1.29 is 45.0 Å². The minimum atomic E-state index is -4.59. The van der Waals surface area contributed by atoms with E-state index in [4.69, 9.17) is 4.74 Å². The lowest BCUT2D eigenvalue weighted by molar-refractivity contribution is -0.168. The van der Waals surface area contributed by atoms with Gasteiger partial charge in [-0.05, 0) is 36.8 Å². The molecule has 0 aliphatic carbocycles. The highest BCUT2D eigenvalue weighted by Gasteiger charge is 2.41. The van der Waals surface area contributed by atoms with Gasteiger partial charge in [0.25, 0.3) is 0 Å². The Bertz CT molecular complexity index is 1010. The first-order valence-electron chi connectivity index (χ1n) is 9.67. The number of hydrazone groups is 1. The molecule has 14 heteroatoms. The number of amides is 1. The third-order valence-corrected chi connectivity index (χ3v) is 4.40. The Labute approximate surface area is 189 Å². The second-order valence-corrected chi connectivity index (χ2v) is 7.06. The Hall–Kier alpha value is -3.16. The van der Waals surface area contributed by atoms with Gasteiger partial charge in [-0.2, -0.15) is 32.2 Å². The van der Waals surface area contributed by atoms with Crippen molar-refractivity contribution in [2.45, 2.75) is 45.0 Å². The van der Waals surface area contributed by atoms with Crippen LogP contribution < -0.4 is 10.2 Å². The highest BCUT2D eigenvalue weighted by Crippen LogP contribution is 2.28. The van der Waals surface area contributed by atoms with Gasteiger partial charge in [0.1, 0.15) is 12.4 Å². The summed E-state index contributed by atoms with van der Waals surface area (Å²) in [7, 11) is 1.32. The van der Waals surface area contributed by atoms with Crippen LogP contribution in [0.5, 0.6) is 5.75 Å². The largest absolute Gasteiger partial charge is 0.496 e. The minimum Gasteiger partial charge on any atom is -0.496 e. The average molecular weight is 498 g/mol. The monoisotopic (exact) mass is 498 g/mol. The quantitative estimate of drug-likeness (QED) is 0.287. The molecule has 0 saturated carbocycles. The standard InChI is InChI=1S/C20H21F7N4O3/c1-12-7-16(20(25,26)27)30-31(12)6-5-17(32)29-28-9-13-3-4-15(33-2)14(8-13)10-34-11-19(23,24)18(21)22/h3-4,7-9,18H,5-6,10-11H2,1-2H3,(H,29,32)/b28-9+. The summed E-state index contributed by atoms with van der Waals surface area (Å²) < 4.78 is 99.2. The zero-order valence-electron chi connectivity index (χ0n) is 18.0. The lowest BCUT2D eigenvalue weighted by Gasteiger charge is -2.16. The van der Waals surface area contributed by atoms with Gasteiger partial charge >= 0.3 is 18.5 Å². The number of alkyl halides is 7. The third kappa shape index (κ3) is 7.71. The van der Waals surface area contributed by atoms with E-state index < -0.39 is 43.3 Å². The smallest absolute Gasteiger partial charge is 0.435 e. The van der Waals surface area contributed by atoms with Crippen molar-refractivity contribution in [3.63, 3.8) is 0 Å². The summed E-state index contributed by atoms with van der Waals surface area (Å²) in [6.07, 6.45) is -7.43. The third-order valence-electron chi connectivity index (χ3n) is 4.40. The van der Waals surface area contributed by atoms with E-state index in [1.54, 1.807) is 0 Å². The lowest BCUT2D eigenvalue weighted by atomic mass is 10.1. The van der Waals surface area contributed by atoms with Gasteiger partial charge in [-0.25, -0.2) is 14.2 Å². The summed E-state index contributed by atoms with van der Waals surface area (Å²) in [6.45, 7) is -0.598. The van der Waals surface area contributed by atoms with Gasteiger partial charge in [0.2, 0.25) is 5.91 Å². The fourth-order valence-electron chi connectivity index (χ4n) is 2.67. The minimum absolute atomic E-state index is 0.101. The molecule has 2 aromatic rings. The summed E-state index contributed by atoms with van der Waals surface area (Å²) in [5.41, 5.74) is 2.06. The van der Waals surface area contributed by atoms with Crippen LogP contribution in [0.2, 0.25) is 0 Å². The molecule has 1 heterocycles. The van der Waals surface area contributed by atoms with Gasteiger partial charge in [-0.15, -0.1) is 0 Å². The highest BCUT2D eigenvalue weighted by atomic mass is 19.4. The molecule has 1 aromatic heterocycles. The Balaban J connectivity index is 1.92. The second-order valence-electron chi connectivity index (χ2n) is 7.06. The molecule has 7 nitrogen and oxygen atoms in total. The van der Waals surface area contributed by atoms with E-state index in [1.807, 2.05) is 0 Å². The maximum atomic E-state index is 13.0. The zero-order chi connectivity index (χ0) is 25.5. The topological polar surface area (TPSA) is 77.7 Å². The number of hydrogen-bond donors (Lipinski definition) is 1. The van der Waals surface area contributed by atoms with Crippen molar-refractivity contribution in [2.24, 2.45) is 5.10 Å². The molecule has 0 fully saturated rings. The number of nitrogens with zero attached hydrogens (tertiary/aromatic N) is 3. The Morgan fingerprint density at radius 2 is 1.94 bits per heavy atom. The molecule has 0 unspecified atom stereocenters. The summed E-state index contributed by atoms with van der Waals surface area (Å²) >= 11 is 0. The number of halogens is 7. The molecule has 1 aromatic carbocycles. The first kappa shape index (κ1) is 27.1. The molecule has 0 atom stereocenters. The molecule has 0 aliphatic heterocycles.